The average Bonchev–Trinajstić information content (AvgIpc) is 3.42. The second kappa shape index (κ2) is 9.44. The van der Waals surface area contributed by atoms with E-state index in [9.17, 15) is 29.8 Å². The second-order valence-electron chi connectivity index (χ2n) is 9.01. The number of nitrogens with zero attached hydrogens (tertiary/aromatic N) is 4. The number of nitro groups is 2. The van der Waals surface area contributed by atoms with Crippen molar-refractivity contribution in [1.82, 2.24) is 0 Å². The fraction of sp³-hybridized carbons (Fsp3) is 0. The van der Waals surface area contributed by atoms with E-state index in [1.807, 2.05) is 12.1 Å². The van der Waals surface area contributed by atoms with Gasteiger partial charge in [-0.2, -0.15) is 0 Å². The topological polar surface area (TPSA) is 127 Å². The maximum atomic E-state index is 14.2. The van der Waals surface area contributed by atoms with Crippen molar-refractivity contribution >= 4 is 45.7 Å². The Morgan fingerprint density at radius 1 is 0.475 bits per heavy atom. The van der Waals surface area contributed by atoms with Gasteiger partial charge in [0, 0.05) is 35.6 Å². The van der Waals surface area contributed by atoms with E-state index in [0.717, 1.165) is 0 Å². The Hall–Kier alpha value is -5.90. The van der Waals surface area contributed by atoms with E-state index >= 15 is 0 Å². The number of carbonyl (C=O) groups is 2. The van der Waals surface area contributed by atoms with Crippen LogP contribution in [0.15, 0.2) is 121 Å². The van der Waals surface area contributed by atoms with Crippen LogP contribution in [0.1, 0.15) is 11.1 Å². The summed E-state index contributed by atoms with van der Waals surface area (Å²) in [7, 11) is 0. The summed E-state index contributed by atoms with van der Waals surface area (Å²) in [5.74, 6) is -0.837. The smallest absolute Gasteiger partial charge is 0.269 e. The Balaban J connectivity index is 1.64. The number of non-ortho nitro benzene ring substituents is 2. The molecule has 194 valence electrons. The molecule has 4 aromatic rings. The standard InChI is InChI=1S/C30H18N4O6/c35-29-25(19-7-3-1-4-8-19)27-28(32(29)22-13-17-24(18-14-22)34(39)40)26(20-9-5-2-6-10-20)30(36)31(27)21-11-15-23(16-12-21)33(37)38/h1-18H. The van der Waals surface area contributed by atoms with Crippen LogP contribution in [0, 0.1) is 20.2 Å². The molecule has 2 heterocycles. The summed E-state index contributed by atoms with van der Waals surface area (Å²) in [5, 5.41) is 22.6. The molecule has 0 saturated carbocycles. The van der Waals surface area contributed by atoms with Crippen molar-refractivity contribution in [2.24, 2.45) is 0 Å². The number of carbonyl (C=O) groups excluding carboxylic acids is 2. The predicted octanol–water partition coefficient (Wildman–Crippen LogP) is 5.72. The van der Waals surface area contributed by atoms with Crippen LogP contribution in [0.3, 0.4) is 0 Å². The maximum absolute atomic E-state index is 14.2. The normalized spacial score (nSPS) is 14.7. The fourth-order valence-electron chi connectivity index (χ4n) is 4.97. The summed E-state index contributed by atoms with van der Waals surface area (Å²) >= 11 is 0. The first-order chi connectivity index (χ1) is 19.4. The predicted molar refractivity (Wildman–Crippen MR) is 148 cm³/mol. The highest BCUT2D eigenvalue weighted by atomic mass is 16.6. The van der Waals surface area contributed by atoms with Crippen LogP contribution in [0.5, 0.6) is 0 Å². The lowest BCUT2D eigenvalue weighted by Gasteiger charge is -2.20. The Kier molecular flexibility index (Phi) is 5.77. The van der Waals surface area contributed by atoms with Gasteiger partial charge in [-0.3, -0.25) is 39.6 Å². The molecule has 40 heavy (non-hydrogen) atoms. The van der Waals surface area contributed by atoms with Gasteiger partial charge in [-0.05, 0) is 35.4 Å². The van der Waals surface area contributed by atoms with Crippen LogP contribution in [0.25, 0.3) is 11.1 Å². The zero-order valence-corrected chi connectivity index (χ0v) is 20.6. The molecule has 10 heteroatoms. The van der Waals surface area contributed by atoms with Crippen LogP contribution in [-0.4, -0.2) is 21.7 Å². The second-order valence-corrected chi connectivity index (χ2v) is 9.01. The van der Waals surface area contributed by atoms with Crippen LogP contribution in [0.2, 0.25) is 0 Å². The van der Waals surface area contributed by atoms with Gasteiger partial charge in [0.2, 0.25) is 0 Å². The van der Waals surface area contributed by atoms with E-state index < -0.39 is 21.7 Å². The Labute approximate surface area is 227 Å². The number of hydrogen-bond acceptors (Lipinski definition) is 6. The minimum absolute atomic E-state index is 0.140. The van der Waals surface area contributed by atoms with Gasteiger partial charge in [-0.25, -0.2) is 0 Å². The lowest BCUT2D eigenvalue weighted by atomic mass is 10.0. The number of rotatable bonds is 6. The quantitative estimate of drug-likeness (QED) is 0.232. The summed E-state index contributed by atoms with van der Waals surface area (Å²) in [6.07, 6.45) is 0. The van der Waals surface area contributed by atoms with Crippen molar-refractivity contribution in [3.05, 3.63) is 152 Å². The number of amides is 2. The molecular formula is C30H18N4O6. The molecule has 0 saturated heterocycles. The third-order valence-electron chi connectivity index (χ3n) is 6.74. The molecule has 0 unspecified atom stereocenters. The molecule has 0 radical (unpaired) electrons. The van der Waals surface area contributed by atoms with Crippen LogP contribution in [0.4, 0.5) is 22.7 Å². The van der Waals surface area contributed by atoms with Crippen LogP contribution in [-0.2, 0) is 9.59 Å². The lowest BCUT2D eigenvalue weighted by Crippen LogP contribution is -2.27. The van der Waals surface area contributed by atoms with Gasteiger partial charge in [-0.1, -0.05) is 60.7 Å². The minimum Gasteiger partial charge on any atom is -0.274 e. The summed E-state index contributed by atoms with van der Waals surface area (Å²) in [6.45, 7) is 0. The van der Waals surface area contributed by atoms with Crippen molar-refractivity contribution in [3.63, 3.8) is 0 Å². The van der Waals surface area contributed by atoms with E-state index in [1.165, 1.54) is 58.3 Å². The molecule has 6 rings (SSSR count). The van der Waals surface area contributed by atoms with Crippen molar-refractivity contribution in [2.75, 3.05) is 9.80 Å². The van der Waals surface area contributed by atoms with Crippen molar-refractivity contribution in [2.45, 2.75) is 0 Å². The highest BCUT2D eigenvalue weighted by Gasteiger charge is 2.49. The summed E-state index contributed by atoms with van der Waals surface area (Å²) in [4.78, 5) is 52.7. The Morgan fingerprint density at radius 2 is 0.800 bits per heavy atom. The molecule has 0 aromatic heterocycles. The van der Waals surface area contributed by atoms with Crippen molar-refractivity contribution in [1.29, 1.82) is 0 Å². The first-order valence-corrected chi connectivity index (χ1v) is 12.1. The van der Waals surface area contributed by atoms with E-state index in [-0.39, 0.29) is 22.5 Å². The number of nitro benzene ring substituents is 2. The third kappa shape index (κ3) is 3.82. The van der Waals surface area contributed by atoms with E-state index in [2.05, 4.69) is 0 Å². The van der Waals surface area contributed by atoms with Gasteiger partial charge in [0.15, 0.2) is 0 Å². The fourth-order valence-corrected chi connectivity index (χ4v) is 4.97. The van der Waals surface area contributed by atoms with Crippen LogP contribution >= 0.6 is 0 Å². The number of fused-ring (bicyclic) bond motifs is 1. The molecule has 10 nitrogen and oxygen atoms in total. The SMILES string of the molecule is O=C1C(c2ccccc2)=C2C(=C(c3ccccc3)C(=O)N2c2ccc([N+](=O)[O-])cc2)N1c1ccc([N+](=O)[O-])cc1. The largest absolute Gasteiger partial charge is 0.274 e. The highest BCUT2D eigenvalue weighted by molar-refractivity contribution is 6.43. The number of anilines is 2. The molecule has 0 fully saturated rings. The number of benzene rings is 4. The highest BCUT2D eigenvalue weighted by Crippen LogP contribution is 2.50. The lowest BCUT2D eigenvalue weighted by molar-refractivity contribution is -0.385. The molecule has 0 bridgehead atoms. The van der Waals surface area contributed by atoms with E-state index in [0.29, 0.717) is 33.9 Å². The molecule has 0 aliphatic carbocycles. The Morgan fingerprint density at radius 3 is 1.10 bits per heavy atom. The van der Waals surface area contributed by atoms with Crippen molar-refractivity contribution < 1.29 is 19.4 Å². The average molecular weight is 530 g/mol. The van der Waals surface area contributed by atoms with E-state index in [1.54, 1.807) is 48.5 Å². The van der Waals surface area contributed by atoms with Gasteiger partial charge in [-0.15, -0.1) is 0 Å². The summed E-state index contributed by atoms with van der Waals surface area (Å²) in [6, 6.07) is 28.8. The molecule has 2 aliphatic rings. The molecule has 0 atom stereocenters. The summed E-state index contributed by atoms with van der Waals surface area (Å²) in [5.41, 5.74) is 2.72. The van der Waals surface area contributed by atoms with Gasteiger partial charge >= 0.3 is 0 Å². The first kappa shape index (κ1) is 24.4. The van der Waals surface area contributed by atoms with Gasteiger partial charge in [0.25, 0.3) is 23.2 Å². The van der Waals surface area contributed by atoms with Crippen molar-refractivity contribution in [3.8, 4) is 0 Å². The minimum atomic E-state index is -0.529. The maximum Gasteiger partial charge on any atom is 0.269 e. The monoisotopic (exact) mass is 530 g/mol. The summed E-state index contributed by atoms with van der Waals surface area (Å²) < 4.78 is 0. The zero-order valence-electron chi connectivity index (χ0n) is 20.6. The van der Waals surface area contributed by atoms with Gasteiger partial charge in [0.1, 0.15) is 0 Å². The molecule has 0 N–H and O–H groups in total. The molecule has 2 amide bonds. The number of hydrogen-bond donors (Lipinski definition) is 0. The third-order valence-corrected chi connectivity index (χ3v) is 6.74. The molecular weight excluding hydrogens is 512 g/mol. The van der Waals surface area contributed by atoms with Gasteiger partial charge in [0.05, 0.1) is 32.4 Å². The molecule has 4 aromatic carbocycles. The van der Waals surface area contributed by atoms with E-state index in [4.69, 9.17) is 0 Å². The molecule has 2 aliphatic heterocycles. The van der Waals surface area contributed by atoms with Crippen LogP contribution < -0.4 is 9.80 Å². The van der Waals surface area contributed by atoms with Gasteiger partial charge < -0.3 is 0 Å². The zero-order chi connectivity index (χ0) is 28.0. The Bertz CT molecular complexity index is 1630. The first-order valence-electron chi connectivity index (χ1n) is 12.1. The molecule has 0 spiro atoms.